The molecule has 0 aromatic carbocycles. The van der Waals surface area contributed by atoms with Crippen LogP contribution in [0.3, 0.4) is 0 Å². The standard InChI is InChI=1S/C9H15N3O2.2ClH/c13-3-1-7-5-8(12-11-7)9-6-10-2-4-14-9;;/h5,9-10,13H,1-4,6H2,(H,11,12);2*1H. The fourth-order valence-electron chi connectivity index (χ4n) is 1.55. The molecule has 0 spiro atoms. The summed E-state index contributed by atoms with van der Waals surface area (Å²) in [7, 11) is 0. The molecule has 1 aliphatic rings. The van der Waals surface area contributed by atoms with Crippen molar-refractivity contribution < 1.29 is 9.84 Å². The van der Waals surface area contributed by atoms with E-state index < -0.39 is 0 Å². The van der Waals surface area contributed by atoms with Crippen molar-refractivity contribution in [2.45, 2.75) is 12.5 Å². The number of aromatic amines is 1. The van der Waals surface area contributed by atoms with Crippen molar-refractivity contribution >= 4 is 24.8 Å². The van der Waals surface area contributed by atoms with Crippen LogP contribution < -0.4 is 5.32 Å². The molecule has 1 aromatic heterocycles. The van der Waals surface area contributed by atoms with Crippen molar-refractivity contribution in [1.82, 2.24) is 15.5 Å². The first-order chi connectivity index (χ1) is 6.90. The van der Waals surface area contributed by atoms with Crippen LogP contribution in [-0.4, -0.2) is 41.6 Å². The molecule has 1 aliphatic heterocycles. The van der Waals surface area contributed by atoms with Gasteiger partial charge in [-0.05, 0) is 6.07 Å². The molecule has 1 unspecified atom stereocenters. The average molecular weight is 270 g/mol. The van der Waals surface area contributed by atoms with Crippen LogP contribution in [0.25, 0.3) is 0 Å². The summed E-state index contributed by atoms with van der Waals surface area (Å²) in [5.41, 5.74) is 1.87. The average Bonchev–Trinajstić information content (AvgIpc) is 2.68. The summed E-state index contributed by atoms with van der Waals surface area (Å²) in [6.07, 6.45) is 0.667. The van der Waals surface area contributed by atoms with Crippen LogP contribution in [0.1, 0.15) is 17.5 Å². The Morgan fingerprint density at radius 1 is 1.50 bits per heavy atom. The van der Waals surface area contributed by atoms with Crippen molar-refractivity contribution in [1.29, 1.82) is 0 Å². The molecule has 1 atom stereocenters. The minimum atomic E-state index is 0. The Balaban J connectivity index is 0.00000112. The Morgan fingerprint density at radius 3 is 2.94 bits per heavy atom. The van der Waals surface area contributed by atoms with Crippen LogP contribution in [0.2, 0.25) is 0 Å². The van der Waals surface area contributed by atoms with E-state index in [1.54, 1.807) is 0 Å². The zero-order valence-electron chi connectivity index (χ0n) is 8.81. The van der Waals surface area contributed by atoms with Crippen molar-refractivity contribution in [3.63, 3.8) is 0 Å². The first kappa shape index (κ1) is 15.7. The number of ether oxygens (including phenoxy) is 1. The van der Waals surface area contributed by atoms with E-state index >= 15 is 0 Å². The lowest BCUT2D eigenvalue weighted by atomic mass is 10.2. The lowest BCUT2D eigenvalue weighted by molar-refractivity contribution is 0.0250. The maximum absolute atomic E-state index is 8.75. The van der Waals surface area contributed by atoms with Gasteiger partial charge in [0.1, 0.15) is 6.10 Å². The minimum absolute atomic E-state index is 0. The Morgan fingerprint density at radius 2 is 2.31 bits per heavy atom. The van der Waals surface area contributed by atoms with Crippen molar-refractivity contribution in [3.8, 4) is 0 Å². The lowest BCUT2D eigenvalue weighted by Crippen LogP contribution is -2.33. The van der Waals surface area contributed by atoms with Crippen LogP contribution in [0.5, 0.6) is 0 Å². The number of nitrogens with one attached hydrogen (secondary N) is 2. The molecule has 0 aliphatic carbocycles. The number of aliphatic hydroxyl groups excluding tert-OH is 1. The molecule has 0 bridgehead atoms. The van der Waals surface area contributed by atoms with E-state index in [0.29, 0.717) is 6.42 Å². The number of hydrogen-bond acceptors (Lipinski definition) is 4. The monoisotopic (exact) mass is 269 g/mol. The van der Waals surface area contributed by atoms with Crippen molar-refractivity contribution in [3.05, 3.63) is 17.5 Å². The summed E-state index contributed by atoms with van der Waals surface area (Å²) in [5.74, 6) is 0. The Bertz CT molecular complexity index is 290. The third kappa shape index (κ3) is 3.92. The quantitative estimate of drug-likeness (QED) is 0.745. The number of halogens is 2. The van der Waals surface area contributed by atoms with Crippen LogP contribution in [0.4, 0.5) is 0 Å². The lowest BCUT2D eigenvalue weighted by Gasteiger charge is -2.21. The van der Waals surface area contributed by atoms with Gasteiger partial charge >= 0.3 is 0 Å². The van der Waals surface area contributed by atoms with Gasteiger partial charge in [-0.15, -0.1) is 24.8 Å². The summed E-state index contributed by atoms with van der Waals surface area (Å²) in [6.45, 7) is 2.59. The second-order valence-electron chi connectivity index (χ2n) is 3.36. The summed E-state index contributed by atoms with van der Waals surface area (Å²) in [6, 6.07) is 1.95. The SMILES string of the molecule is Cl.Cl.OCCc1cc(C2CNCCO2)n[nH]1. The molecule has 5 nitrogen and oxygen atoms in total. The first-order valence-corrected chi connectivity index (χ1v) is 4.87. The zero-order chi connectivity index (χ0) is 9.80. The van der Waals surface area contributed by atoms with Crippen LogP contribution in [-0.2, 0) is 11.2 Å². The molecule has 2 heterocycles. The largest absolute Gasteiger partial charge is 0.396 e. The van der Waals surface area contributed by atoms with Gasteiger partial charge in [0.25, 0.3) is 0 Å². The van der Waals surface area contributed by atoms with Gasteiger partial charge < -0.3 is 15.2 Å². The van der Waals surface area contributed by atoms with E-state index in [1.807, 2.05) is 6.07 Å². The molecular formula is C9H17Cl2N3O2. The molecule has 94 valence electrons. The zero-order valence-corrected chi connectivity index (χ0v) is 10.4. The molecule has 7 heteroatoms. The summed E-state index contributed by atoms with van der Waals surface area (Å²) in [4.78, 5) is 0. The molecule has 0 saturated carbocycles. The van der Waals surface area contributed by atoms with E-state index in [1.165, 1.54) is 0 Å². The van der Waals surface area contributed by atoms with E-state index in [4.69, 9.17) is 9.84 Å². The highest BCUT2D eigenvalue weighted by Gasteiger charge is 2.18. The van der Waals surface area contributed by atoms with Gasteiger partial charge in [-0.25, -0.2) is 0 Å². The number of H-pyrrole nitrogens is 1. The third-order valence-corrected chi connectivity index (χ3v) is 2.29. The second kappa shape index (κ2) is 7.86. The molecule has 2 rings (SSSR count). The maximum Gasteiger partial charge on any atom is 0.114 e. The van der Waals surface area contributed by atoms with Crippen LogP contribution in [0.15, 0.2) is 6.07 Å². The summed E-state index contributed by atoms with van der Waals surface area (Å²) < 4.78 is 5.55. The van der Waals surface area contributed by atoms with E-state index in [9.17, 15) is 0 Å². The predicted octanol–water partition coefficient (Wildman–Crippen LogP) is 0.449. The highest BCUT2D eigenvalue weighted by Crippen LogP contribution is 2.16. The van der Waals surface area contributed by atoms with E-state index in [0.717, 1.165) is 31.1 Å². The van der Waals surface area contributed by atoms with Crippen LogP contribution in [0, 0.1) is 0 Å². The van der Waals surface area contributed by atoms with E-state index in [-0.39, 0.29) is 37.5 Å². The predicted molar refractivity (Wildman–Crippen MR) is 65.4 cm³/mol. The van der Waals surface area contributed by atoms with E-state index in [2.05, 4.69) is 15.5 Å². The highest BCUT2D eigenvalue weighted by molar-refractivity contribution is 5.85. The third-order valence-electron chi connectivity index (χ3n) is 2.29. The molecule has 1 fully saturated rings. The smallest absolute Gasteiger partial charge is 0.114 e. The summed E-state index contributed by atoms with van der Waals surface area (Å²) >= 11 is 0. The summed E-state index contributed by atoms with van der Waals surface area (Å²) in [5, 5.41) is 19.0. The fourth-order valence-corrected chi connectivity index (χ4v) is 1.55. The number of aliphatic hydroxyl groups is 1. The molecular weight excluding hydrogens is 253 g/mol. The molecule has 1 saturated heterocycles. The number of morpholine rings is 1. The number of nitrogens with zero attached hydrogens (tertiary/aromatic N) is 1. The molecule has 1 aromatic rings. The molecule has 3 N–H and O–H groups in total. The number of hydrogen-bond donors (Lipinski definition) is 3. The number of rotatable bonds is 3. The Hall–Kier alpha value is -0.330. The topological polar surface area (TPSA) is 70.2 Å². The van der Waals surface area contributed by atoms with Gasteiger partial charge in [0.05, 0.1) is 12.3 Å². The second-order valence-corrected chi connectivity index (χ2v) is 3.36. The normalized spacial score (nSPS) is 19.7. The minimum Gasteiger partial charge on any atom is -0.396 e. The van der Waals surface area contributed by atoms with Crippen molar-refractivity contribution in [2.24, 2.45) is 0 Å². The molecule has 0 amide bonds. The first-order valence-electron chi connectivity index (χ1n) is 4.87. The van der Waals surface area contributed by atoms with Gasteiger partial charge in [-0.1, -0.05) is 0 Å². The fraction of sp³-hybridized carbons (Fsp3) is 0.667. The van der Waals surface area contributed by atoms with Gasteiger partial charge in [0.2, 0.25) is 0 Å². The highest BCUT2D eigenvalue weighted by atomic mass is 35.5. The van der Waals surface area contributed by atoms with Crippen molar-refractivity contribution in [2.75, 3.05) is 26.3 Å². The van der Waals surface area contributed by atoms with Gasteiger partial charge in [0.15, 0.2) is 0 Å². The maximum atomic E-state index is 8.75. The van der Waals surface area contributed by atoms with Gasteiger partial charge in [-0.2, -0.15) is 5.10 Å². The number of aromatic nitrogens is 2. The Kier molecular flexibility index (Phi) is 7.70. The van der Waals surface area contributed by atoms with Crippen LogP contribution >= 0.6 is 24.8 Å². The Labute approximate surface area is 107 Å². The molecule has 16 heavy (non-hydrogen) atoms. The molecule has 0 radical (unpaired) electrons. The van der Waals surface area contributed by atoms with Gasteiger partial charge in [-0.3, -0.25) is 5.10 Å². The van der Waals surface area contributed by atoms with Gasteiger partial charge in [0, 0.05) is 31.8 Å².